The zero-order chi connectivity index (χ0) is 13.1. The maximum Gasteiger partial charge on any atom is 0.0417 e. The molecule has 0 aliphatic heterocycles. The molecule has 18 heavy (non-hydrogen) atoms. The van der Waals surface area contributed by atoms with Crippen molar-refractivity contribution < 1.29 is 0 Å². The number of rotatable bonds is 3. The summed E-state index contributed by atoms with van der Waals surface area (Å²) in [6.07, 6.45) is 0.737. The van der Waals surface area contributed by atoms with Gasteiger partial charge >= 0.3 is 0 Å². The molecule has 2 aromatic rings. The van der Waals surface area contributed by atoms with Gasteiger partial charge in [-0.2, -0.15) is 0 Å². The predicted molar refractivity (Wildman–Crippen MR) is 81.2 cm³/mol. The second-order valence-corrected chi connectivity index (χ2v) is 5.83. The van der Waals surface area contributed by atoms with Crippen molar-refractivity contribution in [3.8, 4) is 0 Å². The molecular weight excluding hydrogens is 333 g/mol. The Bertz CT molecular complexity index is 557. The first-order valence-electron chi connectivity index (χ1n) is 5.51. The van der Waals surface area contributed by atoms with E-state index in [0.29, 0.717) is 5.02 Å². The Balaban J connectivity index is 2.19. The van der Waals surface area contributed by atoms with Gasteiger partial charge in [0.05, 0.1) is 0 Å². The van der Waals surface area contributed by atoms with Crippen molar-refractivity contribution in [3.05, 3.63) is 68.1 Å². The van der Waals surface area contributed by atoms with E-state index in [1.54, 1.807) is 0 Å². The first kappa shape index (κ1) is 13.9. The van der Waals surface area contributed by atoms with Gasteiger partial charge in [-0.1, -0.05) is 57.3 Å². The van der Waals surface area contributed by atoms with Gasteiger partial charge in [0.25, 0.3) is 0 Å². The van der Waals surface area contributed by atoms with Crippen molar-refractivity contribution >= 4 is 39.1 Å². The van der Waals surface area contributed by atoms with Crippen LogP contribution in [0.15, 0.2) is 46.9 Å². The molecule has 1 atom stereocenters. The van der Waals surface area contributed by atoms with Gasteiger partial charge in [0.2, 0.25) is 0 Å². The summed E-state index contributed by atoms with van der Waals surface area (Å²) in [5, 5.41) is 1.43. The van der Waals surface area contributed by atoms with Crippen molar-refractivity contribution in [2.24, 2.45) is 5.73 Å². The lowest BCUT2D eigenvalue weighted by Crippen LogP contribution is -2.13. The minimum absolute atomic E-state index is 0.0879. The quantitative estimate of drug-likeness (QED) is 0.833. The molecule has 1 unspecified atom stereocenters. The average Bonchev–Trinajstić information content (AvgIpc) is 2.28. The number of hydrogen-bond acceptors (Lipinski definition) is 1. The van der Waals surface area contributed by atoms with E-state index in [9.17, 15) is 0 Å². The Morgan fingerprint density at radius 1 is 1.06 bits per heavy atom. The molecule has 0 spiro atoms. The van der Waals surface area contributed by atoms with Crippen molar-refractivity contribution in [1.29, 1.82) is 0 Å². The topological polar surface area (TPSA) is 26.0 Å². The van der Waals surface area contributed by atoms with Gasteiger partial charge in [0.15, 0.2) is 0 Å². The molecule has 0 radical (unpaired) electrons. The molecule has 2 N–H and O–H groups in total. The van der Waals surface area contributed by atoms with E-state index < -0.39 is 0 Å². The SMILES string of the molecule is NC(Cc1cccc(Cl)c1)c1ccc(Cl)cc1Br. The fourth-order valence-corrected chi connectivity index (χ4v) is 3.02. The van der Waals surface area contributed by atoms with E-state index >= 15 is 0 Å². The summed E-state index contributed by atoms with van der Waals surface area (Å²) < 4.78 is 0.935. The minimum atomic E-state index is -0.0879. The van der Waals surface area contributed by atoms with Gasteiger partial charge in [0.1, 0.15) is 0 Å². The zero-order valence-electron chi connectivity index (χ0n) is 9.54. The molecule has 0 aromatic heterocycles. The number of hydrogen-bond donors (Lipinski definition) is 1. The fourth-order valence-electron chi connectivity index (χ4n) is 1.83. The van der Waals surface area contributed by atoms with Crippen LogP contribution < -0.4 is 5.73 Å². The Morgan fingerprint density at radius 3 is 2.44 bits per heavy atom. The van der Waals surface area contributed by atoms with Gasteiger partial charge in [-0.15, -0.1) is 0 Å². The van der Waals surface area contributed by atoms with E-state index in [1.165, 1.54) is 0 Å². The maximum atomic E-state index is 6.21. The largest absolute Gasteiger partial charge is 0.324 e. The molecule has 0 fully saturated rings. The van der Waals surface area contributed by atoms with Crippen LogP contribution in [0.5, 0.6) is 0 Å². The normalized spacial score (nSPS) is 12.4. The standard InChI is InChI=1S/C14H12BrCl2N/c15-13-8-11(17)4-5-12(13)14(18)7-9-2-1-3-10(16)6-9/h1-6,8,14H,7,18H2. The summed E-state index contributed by atoms with van der Waals surface area (Å²) in [5.41, 5.74) is 8.38. The lowest BCUT2D eigenvalue weighted by atomic mass is 10.00. The van der Waals surface area contributed by atoms with Crippen LogP contribution in [0, 0.1) is 0 Å². The van der Waals surface area contributed by atoms with Gasteiger partial charge in [-0.3, -0.25) is 0 Å². The van der Waals surface area contributed by atoms with Crippen LogP contribution in [0.1, 0.15) is 17.2 Å². The van der Waals surface area contributed by atoms with Crippen molar-refractivity contribution in [1.82, 2.24) is 0 Å². The highest BCUT2D eigenvalue weighted by molar-refractivity contribution is 9.10. The molecule has 2 rings (SSSR count). The summed E-state index contributed by atoms with van der Waals surface area (Å²) in [6.45, 7) is 0. The van der Waals surface area contributed by atoms with Crippen LogP contribution in [-0.4, -0.2) is 0 Å². The fraction of sp³-hybridized carbons (Fsp3) is 0.143. The minimum Gasteiger partial charge on any atom is -0.324 e. The highest BCUT2D eigenvalue weighted by Crippen LogP contribution is 2.27. The van der Waals surface area contributed by atoms with Gasteiger partial charge in [0, 0.05) is 20.6 Å². The van der Waals surface area contributed by atoms with Crippen LogP contribution in [0.3, 0.4) is 0 Å². The Hall–Kier alpha value is -0.540. The number of benzene rings is 2. The van der Waals surface area contributed by atoms with Crippen molar-refractivity contribution in [2.75, 3.05) is 0 Å². The Labute approximate surface area is 125 Å². The third kappa shape index (κ3) is 3.48. The summed E-state index contributed by atoms with van der Waals surface area (Å²) >= 11 is 15.4. The summed E-state index contributed by atoms with van der Waals surface area (Å²) in [5.74, 6) is 0. The third-order valence-corrected chi connectivity index (χ3v) is 3.86. The molecule has 0 saturated carbocycles. The van der Waals surface area contributed by atoms with Crippen LogP contribution in [0.4, 0.5) is 0 Å². The lowest BCUT2D eigenvalue weighted by Gasteiger charge is -2.14. The van der Waals surface area contributed by atoms with Gasteiger partial charge in [-0.25, -0.2) is 0 Å². The first-order chi connectivity index (χ1) is 8.56. The predicted octanol–water partition coefficient (Wildman–Crippen LogP) is 5.00. The highest BCUT2D eigenvalue weighted by Gasteiger charge is 2.11. The van der Waals surface area contributed by atoms with Gasteiger partial charge < -0.3 is 5.73 Å². The molecule has 0 bridgehead atoms. The second kappa shape index (κ2) is 6.07. The lowest BCUT2D eigenvalue weighted by molar-refractivity contribution is 0.718. The molecule has 4 heteroatoms. The van der Waals surface area contributed by atoms with Crippen LogP contribution in [-0.2, 0) is 6.42 Å². The molecular formula is C14H12BrCl2N. The first-order valence-corrected chi connectivity index (χ1v) is 7.06. The van der Waals surface area contributed by atoms with Crippen LogP contribution in [0.2, 0.25) is 10.0 Å². The van der Waals surface area contributed by atoms with Crippen molar-refractivity contribution in [2.45, 2.75) is 12.5 Å². The van der Waals surface area contributed by atoms with E-state index in [4.69, 9.17) is 28.9 Å². The van der Waals surface area contributed by atoms with E-state index in [2.05, 4.69) is 15.9 Å². The molecule has 0 saturated heterocycles. The molecule has 0 heterocycles. The van der Waals surface area contributed by atoms with E-state index in [1.807, 2.05) is 42.5 Å². The monoisotopic (exact) mass is 343 g/mol. The third-order valence-electron chi connectivity index (χ3n) is 2.71. The molecule has 1 nitrogen and oxygen atoms in total. The Kier molecular flexibility index (Phi) is 4.68. The van der Waals surface area contributed by atoms with Crippen LogP contribution >= 0.6 is 39.1 Å². The molecule has 94 valence electrons. The number of halogens is 3. The van der Waals surface area contributed by atoms with E-state index in [0.717, 1.165) is 27.0 Å². The molecule has 0 aliphatic rings. The number of nitrogens with two attached hydrogens (primary N) is 1. The molecule has 0 aliphatic carbocycles. The average molecular weight is 345 g/mol. The summed E-state index contributed by atoms with van der Waals surface area (Å²) in [6, 6.07) is 13.3. The molecule has 0 amide bonds. The summed E-state index contributed by atoms with van der Waals surface area (Å²) in [4.78, 5) is 0. The van der Waals surface area contributed by atoms with Crippen molar-refractivity contribution in [3.63, 3.8) is 0 Å². The highest BCUT2D eigenvalue weighted by atomic mass is 79.9. The van der Waals surface area contributed by atoms with E-state index in [-0.39, 0.29) is 6.04 Å². The Morgan fingerprint density at radius 2 is 1.78 bits per heavy atom. The maximum absolute atomic E-state index is 6.21. The summed E-state index contributed by atoms with van der Waals surface area (Å²) in [7, 11) is 0. The van der Waals surface area contributed by atoms with Gasteiger partial charge in [-0.05, 0) is 41.8 Å². The second-order valence-electron chi connectivity index (χ2n) is 4.11. The smallest absolute Gasteiger partial charge is 0.0417 e. The zero-order valence-corrected chi connectivity index (χ0v) is 12.6. The molecule has 2 aromatic carbocycles. The van der Waals surface area contributed by atoms with Crippen LogP contribution in [0.25, 0.3) is 0 Å².